The smallest absolute Gasteiger partial charge is 0.295 e. The maximum atomic E-state index is 13.3. The van der Waals surface area contributed by atoms with E-state index >= 15 is 0 Å². The molecule has 0 unspecified atom stereocenters. The van der Waals surface area contributed by atoms with E-state index in [0.29, 0.717) is 5.82 Å². The number of halogens is 3. The molecule has 43 heavy (non-hydrogen) atoms. The minimum atomic E-state index is -4.45. The van der Waals surface area contributed by atoms with Crippen LogP contribution in [0.2, 0.25) is 0 Å². The van der Waals surface area contributed by atoms with Gasteiger partial charge in [0.25, 0.3) is 0 Å². The molecule has 5 heteroatoms. The van der Waals surface area contributed by atoms with Gasteiger partial charge in [-0.15, -0.1) is 0 Å². The van der Waals surface area contributed by atoms with Crippen LogP contribution in [0.1, 0.15) is 5.56 Å². The summed E-state index contributed by atoms with van der Waals surface area (Å²) in [5.74, 6) is 0.398. The molecular weight excluding hydrogens is 541 g/mol. The molecule has 0 N–H and O–H groups in total. The highest BCUT2D eigenvalue weighted by Crippen LogP contribution is 2.44. The van der Waals surface area contributed by atoms with E-state index in [0.717, 1.165) is 45.5 Å². The molecule has 0 amide bonds. The maximum absolute atomic E-state index is 13.3. The maximum Gasteiger partial charge on any atom is 0.417 e. The number of para-hydroxylation sites is 1. The summed E-state index contributed by atoms with van der Waals surface area (Å²) >= 11 is 0. The van der Waals surface area contributed by atoms with E-state index in [4.69, 9.17) is 0 Å². The van der Waals surface area contributed by atoms with Crippen LogP contribution in [0.15, 0.2) is 152 Å². The van der Waals surface area contributed by atoms with Crippen LogP contribution in [0.3, 0.4) is 0 Å². The number of aromatic nitrogens is 1. The fourth-order valence-corrected chi connectivity index (χ4v) is 5.81. The summed E-state index contributed by atoms with van der Waals surface area (Å²) in [5, 5.41) is 4.65. The molecule has 0 radical (unpaired) electrons. The molecule has 1 aromatic heterocycles. The number of fused-ring (bicyclic) bond motifs is 2. The third kappa shape index (κ3) is 4.89. The molecule has 0 aliphatic rings. The average molecular weight is 567 g/mol. The number of benzene rings is 6. The van der Waals surface area contributed by atoms with Gasteiger partial charge in [-0.2, -0.15) is 13.2 Å². The van der Waals surface area contributed by atoms with E-state index in [1.54, 1.807) is 0 Å². The van der Waals surface area contributed by atoms with Gasteiger partial charge < -0.3 is 0 Å². The van der Waals surface area contributed by atoms with Crippen molar-refractivity contribution in [1.29, 1.82) is 0 Å². The van der Waals surface area contributed by atoms with Crippen LogP contribution in [0.5, 0.6) is 0 Å². The summed E-state index contributed by atoms with van der Waals surface area (Å²) in [5.41, 5.74) is 5.36. The molecule has 0 spiro atoms. The first-order valence-corrected chi connectivity index (χ1v) is 14.0. The van der Waals surface area contributed by atoms with Gasteiger partial charge in [-0.1, -0.05) is 109 Å². The lowest BCUT2D eigenvalue weighted by atomic mass is 9.86. The molecule has 208 valence electrons. The molecule has 0 aliphatic heterocycles. The van der Waals surface area contributed by atoms with Crippen LogP contribution in [0, 0.1) is 0 Å². The van der Waals surface area contributed by atoms with E-state index in [9.17, 15) is 13.2 Å². The predicted octanol–water partition coefficient (Wildman–Crippen LogP) is 11.2. The van der Waals surface area contributed by atoms with Crippen LogP contribution < -0.4 is 4.90 Å². The molecule has 2 nitrogen and oxygen atoms in total. The van der Waals surface area contributed by atoms with Crippen molar-refractivity contribution in [1.82, 2.24) is 4.98 Å². The van der Waals surface area contributed by atoms with E-state index in [2.05, 4.69) is 89.9 Å². The van der Waals surface area contributed by atoms with Crippen LogP contribution in [0.25, 0.3) is 43.8 Å². The zero-order valence-electron chi connectivity index (χ0n) is 23.0. The first kappa shape index (κ1) is 26.5. The molecule has 6 aromatic carbocycles. The molecule has 7 rings (SSSR count). The van der Waals surface area contributed by atoms with Crippen molar-refractivity contribution >= 4 is 38.7 Å². The first-order valence-electron chi connectivity index (χ1n) is 14.0. The summed E-state index contributed by atoms with van der Waals surface area (Å²) < 4.78 is 39.8. The average Bonchev–Trinajstić information content (AvgIpc) is 3.05. The molecule has 0 aliphatic carbocycles. The number of rotatable bonds is 5. The zero-order valence-corrected chi connectivity index (χ0v) is 23.0. The van der Waals surface area contributed by atoms with Crippen molar-refractivity contribution in [3.63, 3.8) is 0 Å². The van der Waals surface area contributed by atoms with Crippen molar-refractivity contribution in [2.24, 2.45) is 0 Å². The molecule has 0 saturated heterocycles. The number of alkyl halides is 3. The Hall–Kier alpha value is -5.42. The standard InChI is InChI=1S/C38H25F3N2/c39-38(40,41)28-21-24-35(42-25-28)43(29-13-5-2-6-14-29)30-22-19-27(20-23-30)37-33-17-9-7-15-31(33)36(26-11-3-1-4-12-26)32-16-8-10-18-34(32)37/h1-25H. The van der Waals surface area contributed by atoms with Crippen LogP contribution >= 0.6 is 0 Å². The van der Waals surface area contributed by atoms with Gasteiger partial charge in [0.2, 0.25) is 0 Å². The second kappa shape index (κ2) is 10.8. The van der Waals surface area contributed by atoms with E-state index in [-0.39, 0.29) is 0 Å². The second-order valence-electron chi connectivity index (χ2n) is 10.3. The van der Waals surface area contributed by atoms with Gasteiger partial charge >= 0.3 is 6.18 Å². The van der Waals surface area contributed by atoms with Crippen LogP contribution in [-0.2, 0) is 6.18 Å². The van der Waals surface area contributed by atoms with Gasteiger partial charge in [-0.3, -0.25) is 4.90 Å². The highest BCUT2D eigenvalue weighted by molar-refractivity contribution is 6.21. The van der Waals surface area contributed by atoms with Crippen molar-refractivity contribution in [2.75, 3.05) is 4.90 Å². The molecule has 0 saturated carbocycles. The van der Waals surface area contributed by atoms with Gasteiger partial charge in [0.05, 0.1) is 5.56 Å². The Morgan fingerprint density at radius 1 is 0.442 bits per heavy atom. The Morgan fingerprint density at radius 3 is 1.35 bits per heavy atom. The Kier molecular flexibility index (Phi) is 6.63. The lowest BCUT2D eigenvalue weighted by Crippen LogP contribution is -2.13. The third-order valence-electron chi connectivity index (χ3n) is 7.73. The van der Waals surface area contributed by atoms with E-state index in [1.165, 1.54) is 28.0 Å². The summed E-state index contributed by atoms with van der Waals surface area (Å²) in [6.07, 6.45) is -3.57. The van der Waals surface area contributed by atoms with Gasteiger partial charge in [0.15, 0.2) is 0 Å². The fraction of sp³-hybridized carbons (Fsp3) is 0.0263. The van der Waals surface area contributed by atoms with Crippen molar-refractivity contribution < 1.29 is 13.2 Å². The van der Waals surface area contributed by atoms with E-state index < -0.39 is 11.7 Å². The van der Waals surface area contributed by atoms with Crippen molar-refractivity contribution in [3.8, 4) is 22.3 Å². The quantitative estimate of drug-likeness (QED) is 0.193. The second-order valence-corrected chi connectivity index (χ2v) is 10.3. The van der Waals surface area contributed by atoms with E-state index in [1.807, 2.05) is 53.4 Å². The Labute approximate surface area is 247 Å². The lowest BCUT2D eigenvalue weighted by Gasteiger charge is -2.25. The van der Waals surface area contributed by atoms with Crippen LogP contribution in [-0.4, -0.2) is 4.98 Å². The Morgan fingerprint density at radius 2 is 0.884 bits per heavy atom. The fourth-order valence-electron chi connectivity index (χ4n) is 5.81. The third-order valence-corrected chi connectivity index (χ3v) is 7.73. The van der Waals surface area contributed by atoms with Gasteiger partial charge in [-0.05, 0) is 80.2 Å². The SMILES string of the molecule is FC(F)(F)c1ccc(N(c2ccccc2)c2ccc(-c3c4ccccc4c(-c4ccccc4)c4ccccc34)cc2)nc1. The topological polar surface area (TPSA) is 16.1 Å². The normalized spacial score (nSPS) is 11.6. The highest BCUT2D eigenvalue weighted by atomic mass is 19.4. The molecule has 7 aromatic rings. The zero-order chi connectivity index (χ0) is 29.4. The Bertz CT molecular complexity index is 1980. The number of anilines is 3. The summed E-state index contributed by atoms with van der Waals surface area (Å²) in [6, 6.07) is 47.6. The molecular formula is C38H25F3N2. The number of nitrogens with zero attached hydrogens (tertiary/aromatic N) is 2. The van der Waals surface area contributed by atoms with Crippen LogP contribution in [0.4, 0.5) is 30.4 Å². The van der Waals surface area contributed by atoms with Gasteiger partial charge in [0, 0.05) is 17.6 Å². The van der Waals surface area contributed by atoms with Crippen molar-refractivity contribution in [3.05, 3.63) is 157 Å². The van der Waals surface area contributed by atoms with Gasteiger partial charge in [0.1, 0.15) is 5.82 Å². The summed E-state index contributed by atoms with van der Waals surface area (Å²) in [7, 11) is 0. The minimum Gasteiger partial charge on any atom is -0.295 e. The lowest BCUT2D eigenvalue weighted by molar-refractivity contribution is -0.137. The number of pyridine rings is 1. The predicted molar refractivity (Wildman–Crippen MR) is 170 cm³/mol. The largest absolute Gasteiger partial charge is 0.417 e. The molecule has 0 atom stereocenters. The number of hydrogen-bond donors (Lipinski definition) is 0. The highest BCUT2D eigenvalue weighted by Gasteiger charge is 2.31. The van der Waals surface area contributed by atoms with Crippen molar-refractivity contribution in [2.45, 2.75) is 6.18 Å². The number of hydrogen-bond acceptors (Lipinski definition) is 2. The molecule has 1 heterocycles. The molecule has 0 bridgehead atoms. The monoisotopic (exact) mass is 566 g/mol. The summed E-state index contributed by atoms with van der Waals surface area (Å²) in [6.45, 7) is 0. The van der Waals surface area contributed by atoms with Gasteiger partial charge in [-0.25, -0.2) is 4.98 Å². The first-order chi connectivity index (χ1) is 21.0. The summed E-state index contributed by atoms with van der Waals surface area (Å²) in [4.78, 5) is 6.06. The minimum absolute atomic E-state index is 0.398. The Balaban J connectivity index is 1.39. The molecule has 0 fully saturated rings.